The van der Waals surface area contributed by atoms with E-state index in [2.05, 4.69) is 17.0 Å². The lowest BCUT2D eigenvalue weighted by molar-refractivity contribution is 0.0985. The average molecular weight is 453 g/mol. The van der Waals surface area contributed by atoms with Crippen LogP contribution in [0.2, 0.25) is 0 Å². The maximum absolute atomic E-state index is 14.2. The van der Waals surface area contributed by atoms with Crippen LogP contribution in [0.25, 0.3) is 10.2 Å². The Hall–Kier alpha value is -3.26. The van der Waals surface area contributed by atoms with Gasteiger partial charge in [-0.2, -0.15) is 5.10 Å². The van der Waals surface area contributed by atoms with E-state index in [1.807, 2.05) is 24.4 Å². The van der Waals surface area contributed by atoms with E-state index in [0.29, 0.717) is 40.8 Å². The molecule has 4 rings (SSSR count). The molecule has 32 heavy (non-hydrogen) atoms. The topological polar surface area (TPSA) is 60.2 Å². The van der Waals surface area contributed by atoms with Gasteiger partial charge in [-0.05, 0) is 42.8 Å². The molecule has 0 saturated carbocycles. The number of halogens is 1. The first-order valence-electron chi connectivity index (χ1n) is 10.7. The van der Waals surface area contributed by atoms with Crippen molar-refractivity contribution >= 4 is 32.6 Å². The van der Waals surface area contributed by atoms with Crippen molar-refractivity contribution in [2.75, 3.05) is 18.1 Å². The monoisotopic (exact) mass is 452 g/mol. The Bertz CT molecular complexity index is 1180. The fraction of sp³-hybridized carbons (Fsp3) is 0.292. The number of anilines is 1. The van der Waals surface area contributed by atoms with Crippen molar-refractivity contribution in [1.29, 1.82) is 0 Å². The lowest BCUT2D eigenvalue weighted by Crippen LogP contribution is -2.34. The molecule has 0 N–H and O–H groups in total. The molecule has 0 spiro atoms. The molecule has 0 aliphatic carbocycles. The predicted octanol–water partition coefficient (Wildman–Crippen LogP) is 5.55. The number of amides is 1. The highest BCUT2D eigenvalue weighted by Gasteiger charge is 2.22. The van der Waals surface area contributed by atoms with Gasteiger partial charge < -0.3 is 4.74 Å². The van der Waals surface area contributed by atoms with Crippen molar-refractivity contribution in [2.24, 2.45) is 0 Å². The Kier molecular flexibility index (Phi) is 7.11. The third kappa shape index (κ3) is 5.13. The number of nitrogens with zero attached hydrogens (tertiary/aromatic N) is 4. The number of thiazole rings is 1. The molecule has 0 saturated heterocycles. The van der Waals surface area contributed by atoms with Gasteiger partial charge in [-0.3, -0.25) is 14.4 Å². The van der Waals surface area contributed by atoms with E-state index in [4.69, 9.17) is 4.74 Å². The highest BCUT2D eigenvalue weighted by molar-refractivity contribution is 7.22. The number of hydrogen-bond donors (Lipinski definition) is 0. The molecule has 8 heteroatoms. The zero-order valence-corrected chi connectivity index (χ0v) is 18.7. The largest absolute Gasteiger partial charge is 0.494 e. The zero-order valence-electron chi connectivity index (χ0n) is 17.9. The minimum absolute atomic E-state index is 0.212. The van der Waals surface area contributed by atoms with Gasteiger partial charge in [0.1, 0.15) is 17.1 Å². The second-order valence-electron chi connectivity index (χ2n) is 7.39. The number of aromatic nitrogens is 3. The Morgan fingerprint density at radius 2 is 2.06 bits per heavy atom. The number of para-hydroxylation sites is 1. The first-order chi connectivity index (χ1) is 15.7. The molecule has 2 aromatic heterocycles. The van der Waals surface area contributed by atoms with Crippen LogP contribution in [-0.2, 0) is 6.54 Å². The predicted molar refractivity (Wildman–Crippen MR) is 125 cm³/mol. The standard InChI is InChI=1S/C24H25FN4O2S/c1-2-3-4-16-31-19-9-5-8-18(17-19)23(30)29(15-14-28-13-7-12-26-28)24-27-22-20(25)10-6-11-21(22)32-24/h5-13,17H,2-4,14-16H2,1H3. The van der Waals surface area contributed by atoms with E-state index in [1.165, 1.54) is 17.4 Å². The van der Waals surface area contributed by atoms with Gasteiger partial charge in [-0.15, -0.1) is 0 Å². The molecule has 2 aromatic carbocycles. The van der Waals surface area contributed by atoms with Crippen molar-refractivity contribution in [1.82, 2.24) is 14.8 Å². The second-order valence-corrected chi connectivity index (χ2v) is 8.40. The van der Waals surface area contributed by atoms with Crippen molar-refractivity contribution < 1.29 is 13.9 Å². The number of ether oxygens (including phenoxy) is 1. The summed E-state index contributed by atoms with van der Waals surface area (Å²) >= 11 is 1.30. The summed E-state index contributed by atoms with van der Waals surface area (Å²) in [4.78, 5) is 19.5. The van der Waals surface area contributed by atoms with Crippen molar-refractivity contribution in [3.8, 4) is 5.75 Å². The Morgan fingerprint density at radius 3 is 2.84 bits per heavy atom. The number of unbranched alkanes of at least 4 members (excludes halogenated alkanes) is 2. The summed E-state index contributed by atoms with van der Waals surface area (Å²) in [5.41, 5.74) is 0.774. The SMILES string of the molecule is CCCCCOc1cccc(C(=O)N(CCn2cccn2)c2nc3c(F)cccc3s2)c1. The third-order valence-corrected chi connectivity index (χ3v) is 6.09. The van der Waals surface area contributed by atoms with Gasteiger partial charge in [0, 0.05) is 24.5 Å². The van der Waals surface area contributed by atoms with Crippen LogP contribution in [-0.4, -0.2) is 33.8 Å². The highest BCUT2D eigenvalue weighted by atomic mass is 32.1. The lowest BCUT2D eigenvalue weighted by Gasteiger charge is -2.20. The molecular formula is C24H25FN4O2S. The summed E-state index contributed by atoms with van der Waals surface area (Å²) in [5.74, 6) is 0.0527. The molecule has 2 heterocycles. The molecule has 0 bridgehead atoms. The summed E-state index contributed by atoms with van der Waals surface area (Å²) in [6.45, 7) is 3.60. The molecule has 0 radical (unpaired) electrons. The van der Waals surface area contributed by atoms with Gasteiger partial charge in [0.05, 0.1) is 17.9 Å². The fourth-order valence-corrected chi connectivity index (χ4v) is 4.36. The van der Waals surface area contributed by atoms with Crippen LogP contribution in [0.15, 0.2) is 60.9 Å². The number of fused-ring (bicyclic) bond motifs is 1. The summed E-state index contributed by atoms with van der Waals surface area (Å²) in [7, 11) is 0. The molecule has 0 atom stereocenters. The molecule has 0 aliphatic rings. The molecule has 6 nitrogen and oxygen atoms in total. The smallest absolute Gasteiger partial charge is 0.260 e. The maximum Gasteiger partial charge on any atom is 0.260 e. The van der Waals surface area contributed by atoms with Crippen LogP contribution in [0.1, 0.15) is 36.5 Å². The average Bonchev–Trinajstić information content (AvgIpc) is 3.48. The van der Waals surface area contributed by atoms with E-state index < -0.39 is 5.82 Å². The van der Waals surface area contributed by atoms with Gasteiger partial charge in [-0.1, -0.05) is 43.2 Å². The number of rotatable bonds is 10. The van der Waals surface area contributed by atoms with Crippen LogP contribution in [0.3, 0.4) is 0 Å². The summed E-state index contributed by atoms with van der Waals surface area (Å²) in [5, 5.41) is 4.67. The summed E-state index contributed by atoms with van der Waals surface area (Å²) in [6, 6.07) is 13.8. The minimum Gasteiger partial charge on any atom is -0.494 e. The number of hydrogen-bond acceptors (Lipinski definition) is 5. The number of benzene rings is 2. The Morgan fingerprint density at radius 1 is 1.19 bits per heavy atom. The summed E-state index contributed by atoms with van der Waals surface area (Å²) < 4.78 is 22.5. The van der Waals surface area contributed by atoms with Gasteiger partial charge in [-0.25, -0.2) is 9.37 Å². The lowest BCUT2D eigenvalue weighted by atomic mass is 10.2. The highest BCUT2D eigenvalue weighted by Crippen LogP contribution is 2.31. The number of carbonyl (C=O) groups excluding carboxylic acids is 1. The van der Waals surface area contributed by atoms with E-state index in [9.17, 15) is 9.18 Å². The molecular weight excluding hydrogens is 427 g/mol. The van der Waals surface area contributed by atoms with Gasteiger partial charge in [0.2, 0.25) is 0 Å². The summed E-state index contributed by atoms with van der Waals surface area (Å²) in [6.07, 6.45) is 6.73. The quantitative estimate of drug-likeness (QED) is 0.296. The second kappa shape index (κ2) is 10.4. The van der Waals surface area contributed by atoms with Crippen molar-refractivity contribution in [3.05, 3.63) is 72.3 Å². The first-order valence-corrected chi connectivity index (χ1v) is 11.5. The molecule has 4 aromatic rings. The van der Waals surface area contributed by atoms with Crippen LogP contribution in [0, 0.1) is 5.82 Å². The Labute approximate surface area is 190 Å². The molecule has 1 amide bonds. The zero-order chi connectivity index (χ0) is 22.3. The van der Waals surface area contributed by atoms with E-state index in [1.54, 1.807) is 40.0 Å². The van der Waals surface area contributed by atoms with Crippen molar-refractivity contribution in [2.45, 2.75) is 32.7 Å². The van der Waals surface area contributed by atoms with Crippen LogP contribution >= 0.6 is 11.3 Å². The molecule has 0 aliphatic heterocycles. The van der Waals surface area contributed by atoms with Crippen LogP contribution in [0.4, 0.5) is 9.52 Å². The van der Waals surface area contributed by atoms with Crippen molar-refractivity contribution in [3.63, 3.8) is 0 Å². The van der Waals surface area contributed by atoms with E-state index >= 15 is 0 Å². The maximum atomic E-state index is 14.2. The van der Waals surface area contributed by atoms with Crippen LogP contribution < -0.4 is 9.64 Å². The first kappa shape index (κ1) is 22.0. The molecule has 0 fully saturated rings. The third-order valence-electron chi connectivity index (χ3n) is 5.04. The fourth-order valence-electron chi connectivity index (χ4n) is 3.35. The van der Waals surface area contributed by atoms with Gasteiger partial charge in [0.25, 0.3) is 5.91 Å². The van der Waals surface area contributed by atoms with Crippen LogP contribution in [0.5, 0.6) is 5.75 Å². The molecule has 0 unspecified atom stereocenters. The van der Waals surface area contributed by atoms with E-state index in [0.717, 1.165) is 19.3 Å². The van der Waals surface area contributed by atoms with E-state index in [-0.39, 0.29) is 11.4 Å². The molecule has 166 valence electrons. The minimum atomic E-state index is -0.396. The normalized spacial score (nSPS) is 11.1. The number of carbonyl (C=O) groups is 1. The van der Waals surface area contributed by atoms with Gasteiger partial charge >= 0.3 is 0 Å². The van der Waals surface area contributed by atoms with Gasteiger partial charge in [0.15, 0.2) is 5.13 Å². The Balaban J connectivity index is 1.60.